The molecule has 2 heterocycles. The third-order valence-electron chi connectivity index (χ3n) is 5.97. The maximum atomic E-state index is 13.1. The molecular formula is C24H25ClN4O3. The van der Waals surface area contributed by atoms with E-state index >= 15 is 0 Å². The first-order chi connectivity index (χ1) is 15.4. The highest BCUT2D eigenvalue weighted by Crippen LogP contribution is 2.22. The quantitative estimate of drug-likeness (QED) is 0.656. The van der Waals surface area contributed by atoms with Gasteiger partial charge in [-0.2, -0.15) is 0 Å². The molecule has 1 N–H and O–H groups in total. The monoisotopic (exact) mass is 452 g/mol. The van der Waals surface area contributed by atoms with Gasteiger partial charge in [-0.15, -0.1) is 0 Å². The molecule has 0 aliphatic carbocycles. The number of para-hydroxylation sites is 1. The minimum Gasteiger partial charge on any atom is -0.338 e. The molecule has 8 heteroatoms. The van der Waals surface area contributed by atoms with Gasteiger partial charge in [-0.05, 0) is 56.2 Å². The number of piperidine rings is 1. The van der Waals surface area contributed by atoms with Gasteiger partial charge in [0.1, 0.15) is 5.69 Å². The van der Waals surface area contributed by atoms with Gasteiger partial charge in [-0.3, -0.25) is 19.1 Å². The highest BCUT2D eigenvalue weighted by Gasteiger charge is 2.30. The lowest BCUT2D eigenvalue weighted by Crippen LogP contribution is -2.44. The number of hydrogen-bond donors (Lipinski definition) is 1. The number of aromatic nitrogens is 2. The molecule has 0 spiro atoms. The molecular weight excluding hydrogens is 428 g/mol. The number of nitrogens with one attached hydrogen (secondary N) is 1. The zero-order valence-corrected chi connectivity index (χ0v) is 18.8. The van der Waals surface area contributed by atoms with E-state index in [0.717, 1.165) is 12.1 Å². The Morgan fingerprint density at radius 2 is 1.75 bits per heavy atom. The zero-order valence-electron chi connectivity index (χ0n) is 18.0. The van der Waals surface area contributed by atoms with E-state index < -0.39 is 0 Å². The number of carbonyl (C=O) groups excluding carboxylic acids is 2. The summed E-state index contributed by atoms with van der Waals surface area (Å²) in [5.74, 6) is -0.754. The molecule has 2 aromatic carbocycles. The standard InChI is InChI=1S/C24H25ClN4O3/c1-16-21(24(32)29(27(16)2)20-8-4-3-5-9-20)26-22(30)18-7-6-14-28(15-18)23(31)17-10-12-19(25)13-11-17/h3-5,8-13,18H,6-7,14-15H2,1-2H3,(H,26,30). The van der Waals surface area contributed by atoms with Gasteiger partial charge >= 0.3 is 0 Å². The van der Waals surface area contributed by atoms with Crippen molar-refractivity contribution in [3.63, 3.8) is 0 Å². The minimum absolute atomic E-state index is 0.124. The lowest BCUT2D eigenvalue weighted by molar-refractivity contribution is -0.121. The molecule has 7 nitrogen and oxygen atoms in total. The summed E-state index contributed by atoms with van der Waals surface area (Å²) < 4.78 is 3.26. The number of likely N-dealkylation sites (tertiary alicyclic amines) is 1. The van der Waals surface area contributed by atoms with E-state index in [4.69, 9.17) is 11.6 Å². The third-order valence-corrected chi connectivity index (χ3v) is 6.22. The van der Waals surface area contributed by atoms with E-state index in [0.29, 0.717) is 35.8 Å². The van der Waals surface area contributed by atoms with Crippen LogP contribution in [0.2, 0.25) is 5.02 Å². The van der Waals surface area contributed by atoms with Crippen molar-refractivity contribution in [1.82, 2.24) is 14.3 Å². The van der Waals surface area contributed by atoms with Crippen LogP contribution in [0.15, 0.2) is 59.4 Å². The summed E-state index contributed by atoms with van der Waals surface area (Å²) in [6, 6.07) is 16.0. The number of hydrogen-bond acceptors (Lipinski definition) is 3. The van der Waals surface area contributed by atoms with Gasteiger partial charge in [0.05, 0.1) is 17.3 Å². The maximum absolute atomic E-state index is 13.1. The Hall–Kier alpha value is -3.32. The topological polar surface area (TPSA) is 76.3 Å². The Labute approximate surface area is 191 Å². The van der Waals surface area contributed by atoms with Crippen LogP contribution in [0.3, 0.4) is 0 Å². The number of rotatable bonds is 4. The van der Waals surface area contributed by atoms with Gasteiger partial charge in [0.25, 0.3) is 11.5 Å². The second kappa shape index (κ2) is 9.04. The summed E-state index contributed by atoms with van der Waals surface area (Å²) in [5.41, 5.74) is 1.91. The molecule has 1 atom stereocenters. The smallest absolute Gasteiger partial charge is 0.295 e. The van der Waals surface area contributed by atoms with Crippen molar-refractivity contribution < 1.29 is 9.59 Å². The predicted molar refractivity (Wildman–Crippen MR) is 124 cm³/mol. The highest BCUT2D eigenvalue weighted by molar-refractivity contribution is 6.30. The number of amides is 2. The number of nitrogens with zero attached hydrogens (tertiary/aromatic N) is 3. The fourth-order valence-electron chi connectivity index (χ4n) is 4.09. The summed E-state index contributed by atoms with van der Waals surface area (Å²) in [4.78, 5) is 40.7. The summed E-state index contributed by atoms with van der Waals surface area (Å²) in [5, 5.41) is 3.40. The second-order valence-electron chi connectivity index (χ2n) is 8.02. The molecule has 4 rings (SSSR count). The van der Waals surface area contributed by atoms with Crippen molar-refractivity contribution in [3.05, 3.63) is 81.2 Å². The second-order valence-corrected chi connectivity index (χ2v) is 8.46. The Bertz CT molecular complexity index is 1200. The Kier molecular flexibility index (Phi) is 6.19. The predicted octanol–water partition coefficient (Wildman–Crippen LogP) is 3.63. The summed E-state index contributed by atoms with van der Waals surface area (Å²) >= 11 is 5.91. The van der Waals surface area contributed by atoms with Gasteiger partial charge in [-0.1, -0.05) is 29.8 Å². The molecule has 0 saturated carbocycles. The van der Waals surface area contributed by atoms with Crippen LogP contribution in [0.1, 0.15) is 28.9 Å². The van der Waals surface area contributed by atoms with E-state index in [-0.39, 0.29) is 29.0 Å². The average molecular weight is 453 g/mol. The number of anilines is 1. The van der Waals surface area contributed by atoms with E-state index in [1.54, 1.807) is 47.8 Å². The van der Waals surface area contributed by atoms with Gasteiger partial charge in [0.15, 0.2) is 0 Å². The minimum atomic E-state index is -0.385. The van der Waals surface area contributed by atoms with Crippen LogP contribution in [-0.2, 0) is 11.8 Å². The summed E-state index contributed by atoms with van der Waals surface area (Å²) in [7, 11) is 1.78. The molecule has 0 radical (unpaired) electrons. The molecule has 2 amide bonds. The van der Waals surface area contributed by atoms with Crippen LogP contribution in [-0.4, -0.2) is 39.2 Å². The molecule has 166 valence electrons. The van der Waals surface area contributed by atoms with Crippen molar-refractivity contribution in [1.29, 1.82) is 0 Å². The fraction of sp³-hybridized carbons (Fsp3) is 0.292. The number of carbonyl (C=O) groups is 2. The Balaban J connectivity index is 1.51. The first-order valence-electron chi connectivity index (χ1n) is 10.6. The lowest BCUT2D eigenvalue weighted by atomic mass is 9.96. The van der Waals surface area contributed by atoms with E-state index in [9.17, 15) is 14.4 Å². The lowest BCUT2D eigenvalue weighted by Gasteiger charge is -2.32. The van der Waals surface area contributed by atoms with E-state index in [1.165, 1.54) is 4.68 Å². The Morgan fingerprint density at radius 3 is 2.44 bits per heavy atom. The van der Waals surface area contributed by atoms with Crippen molar-refractivity contribution in [3.8, 4) is 5.69 Å². The van der Waals surface area contributed by atoms with Crippen molar-refractivity contribution in [2.24, 2.45) is 13.0 Å². The van der Waals surface area contributed by atoms with Crippen LogP contribution in [0.25, 0.3) is 5.69 Å². The molecule has 1 saturated heterocycles. The van der Waals surface area contributed by atoms with Crippen LogP contribution >= 0.6 is 11.6 Å². The average Bonchev–Trinajstić information content (AvgIpc) is 3.02. The largest absolute Gasteiger partial charge is 0.338 e. The normalized spacial score (nSPS) is 16.1. The van der Waals surface area contributed by atoms with Crippen molar-refractivity contribution in [2.75, 3.05) is 18.4 Å². The summed E-state index contributed by atoms with van der Waals surface area (Å²) in [6.45, 7) is 2.70. The van der Waals surface area contributed by atoms with Gasteiger partial charge < -0.3 is 10.2 Å². The van der Waals surface area contributed by atoms with Gasteiger partial charge in [-0.25, -0.2) is 4.68 Å². The van der Waals surface area contributed by atoms with Crippen molar-refractivity contribution >= 4 is 29.1 Å². The van der Waals surface area contributed by atoms with E-state index in [2.05, 4.69) is 5.32 Å². The Morgan fingerprint density at radius 1 is 1.06 bits per heavy atom. The third kappa shape index (κ3) is 4.21. The van der Waals surface area contributed by atoms with Crippen molar-refractivity contribution in [2.45, 2.75) is 19.8 Å². The molecule has 32 heavy (non-hydrogen) atoms. The molecule has 1 aromatic heterocycles. The maximum Gasteiger partial charge on any atom is 0.295 e. The van der Waals surface area contributed by atoms with Crippen LogP contribution in [0, 0.1) is 12.8 Å². The fourth-order valence-corrected chi connectivity index (χ4v) is 4.21. The van der Waals surface area contributed by atoms with Crippen LogP contribution in [0.4, 0.5) is 5.69 Å². The molecule has 1 aliphatic heterocycles. The SMILES string of the molecule is Cc1c(NC(=O)C2CCCN(C(=O)c3ccc(Cl)cc3)C2)c(=O)n(-c2ccccc2)n1C. The zero-order chi connectivity index (χ0) is 22.8. The van der Waals surface area contributed by atoms with E-state index in [1.807, 2.05) is 30.3 Å². The molecule has 1 aliphatic rings. The first kappa shape index (κ1) is 21.9. The highest BCUT2D eigenvalue weighted by atomic mass is 35.5. The molecule has 1 unspecified atom stereocenters. The molecule has 0 bridgehead atoms. The first-order valence-corrected chi connectivity index (χ1v) is 10.9. The van der Waals surface area contributed by atoms with Gasteiger partial charge in [0, 0.05) is 30.7 Å². The van der Waals surface area contributed by atoms with Crippen LogP contribution in [0.5, 0.6) is 0 Å². The molecule has 1 fully saturated rings. The summed E-state index contributed by atoms with van der Waals surface area (Å²) in [6.07, 6.45) is 1.38. The number of halogens is 1. The van der Waals surface area contributed by atoms with Gasteiger partial charge in [0.2, 0.25) is 5.91 Å². The van der Waals surface area contributed by atoms with Crippen LogP contribution < -0.4 is 10.9 Å². The number of benzene rings is 2. The molecule has 3 aromatic rings.